The second-order valence-electron chi connectivity index (χ2n) is 2.89. The average Bonchev–Trinajstić information content (AvgIpc) is 2.56. The fourth-order valence-electron chi connectivity index (χ4n) is 1.46. The van der Waals surface area contributed by atoms with Gasteiger partial charge in [0, 0.05) is 18.8 Å². The molecule has 2 rings (SSSR count). The molecule has 0 bridgehead atoms. The number of thioether (sulfide) groups is 1. The second-order valence-corrected chi connectivity index (χ2v) is 3.69. The first kappa shape index (κ1) is 9.21. The van der Waals surface area contributed by atoms with Crippen LogP contribution in [0, 0.1) is 0 Å². The topological polar surface area (TPSA) is 47.8 Å². The zero-order valence-electron chi connectivity index (χ0n) is 7.89. The van der Waals surface area contributed by atoms with Crippen LogP contribution >= 0.6 is 11.8 Å². The van der Waals surface area contributed by atoms with Crippen molar-refractivity contribution in [3.63, 3.8) is 0 Å². The number of fused-ring (bicyclic) bond motifs is 1. The highest BCUT2D eigenvalue weighted by atomic mass is 32.2. The Kier molecular flexibility index (Phi) is 2.25. The number of carbonyl (C=O) groups is 1. The highest BCUT2D eigenvalue weighted by Gasteiger charge is 2.11. The number of aromatic nitrogens is 3. The summed E-state index contributed by atoms with van der Waals surface area (Å²) in [4.78, 5) is 19.1. The molecule has 0 saturated heterocycles. The minimum Gasteiger partial charge on any atom is -0.335 e. The molecule has 0 aliphatic carbocycles. The zero-order valence-corrected chi connectivity index (χ0v) is 8.71. The maximum atomic E-state index is 10.8. The van der Waals surface area contributed by atoms with Gasteiger partial charge in [0.05, 0.1) is 5.39 Å². The normalized spacial score (nSPS) is 10.7. The maximum absolute atomic E-state index is 10.8. The van der Waals surface area contributed by atoms with Gasteiger partial charge in [-0.05, 0) is 6.26 Å². The van der Waals surface area contributed by atoms with Crippen LogP contribution in [0.5, 0.6) is 0 Å². The Morgan fingerprint density at radius 3 is 2.93 bits per heavy atom. The molecule has 0 spiro atoms. The van der Waals surface area contributed by atoms with E-state index in [1.54, 1.807) is 6.20 Å². The van der Waals surface area contributed by atoms with Gasteiger partial charge in [0.1, 0.15) is 17.0 Å². The molecule has 0 aromatic carbocycles. The molecule has 0 N–H and O–H groups in total. The maximum Gasteiger partial charge on any atom is 0.152 e. The predicted octanol–water partition coefficient (Wildman–Crippen LogP) is 1.50. The summed E-state index contributed by atoms with van der Waals surface area (Å²) in [7, 11) is 1.87. The lowest BCUT2D eigenvalue weighted by Gasteiger charge is -1.98. The van der Waals surface area contributed by atoms with Crippen LogP contribution < -0.4 is 0 Å². The molecule has 0 aliphatic heterocycles. The molecule has 0 saturated carbocycles. The molecular weight excluding hydrogens is 198 g/mol. The van der Waals surface area contributed by atoms with Crippen LogP contribution in [0.15, 0.2) is 17.6 Å². The Balaban J connectivity index is 2.89. The zero-order chi connectivity index (χ0) is 10.1. The van der Waals surface area contributed by atoms with E-state index in [9.17, 15) is 4.79 Å². The van der Waals surface area contributed by atoms with Crippen LogP contribution in [0.3, 0.4) is 0 Å². The van der Waals surface area contributed by atoms with Crippen molar-refractivity contribution in [3.8, 4) is 0 Å². The minimum atomic E-state index is 0.646. The molecule has 0 atom stereocenters. The summed E-state index contributed by atoms with van der Waals surface area (Å²) in [5, 5.41) is 1.69. The van der Waals surface area contributed by atoms with Crippen LogP contribution in [0.4, 0.5) is 0 Å². The predicted molar refractivity (Wildman–Crippen MR) is 55.7 cm³/mol. The Morgan fingerprint density at radius 1 is 1.50 bits per heavy atom. The van der Waals surface area contributed by atoms with Crippen molar-refractivity contribution >= 4 is 29.1 Å². The Hall–Kier alpha value is -1.36. The van der Waals surface area contributed by atoms with Gasteiger partial charge in [-0.25, -0.2) is 9.97 Å². The third kappa shape index (κ3) is 1.21. The van der Waals surface area contributed by atoms with Gasteiger partial charge in [-0.3, -0.25) is 4.79 Å². The molecule has 4 nitrogen and oxygen atoms in total. The lowest BCUT2D eigenvalue weighted by atomic mass is 10.3. The molecule has 72 valence electrons. The Morgan fingerprint density at radius 2 is 2.29 bits per heavy atom. The number of hydrogen-bond donors (Lipinski definition) is 0. The van der Waals surface area contributed by atoms with E-state index in [-0.39, 0.29) is 0 Å². The van der Waals surface area contributed by atoms with Gasteiger partial charge in [0.25, 0.3) is 0 Å². The van der Waals surface area contributed by atoms with Gasteiger partial charge in [0.15, 0.2) is 6.29 Å². The van der Waals surface area contributed by atoms with Crippen molar-refractivity contribution in [2.75, 3.05) is 6.26 Å². The van der Waals surface area contributed by atoms with Crippen LogP contribution in [0.2, 0.25) is 0 Å². The quantitative estimate of drug-likeness (QED) is 0.425. The fraction of sp³-hybridized carbons (Fsp3) is 0.222. The highest BCUT2D eigenvalue weighted by molar-refractivity contribution is 7.98. The molecule has 2 aromatic heterocycles. The molecule has 0 aliphatic rings. The monoisotopic (exact) mass is 207 g/mol. The van der Waals surface area contributed by atoms with Crippen LogP contribution in [0.1, 0.15) is 10.4 Å². The summed E-state index contributed by atoms with van der Waals surface area (Å²) in [5.74, 6) is 0. The van der Waals surface area contributed by atoms with E-state index in [1.807, 2.05) is 17.9 Å². The molecule has 0 radical (unpaired) electrons. The Bertz CT molecular complexity index is 492. The molecule has 5 heteroatoms. The third-order valence-electron chi connectivity index (χ3n) is 2.07. The SMILES string of the molecule is CSc1ncnc2c1c(C=O)cn2C. The van der Waals surface area contributed by atoms with Gasteiger partial charge in [-0.1, -0.05) is 0 Å². The van der Waals surface area contributed by atoms with Crippen molar-refractivity contribution in [1.29, 1.82) is 0 Å². The number of rotatable bonds is 2. The van der Waals surface area contributed by atoms with Crippen LogP contribution in [-0.4, -0.2) is 27.1 Å². The van der Waals surface area contributed by atoms with E-state index in [2.05, 4.69) is 9.97 Å². The van der Waals surface area contributed by atoms with Gasteiger partial charge in [-0.15, -0.1) is 11.8 Å². The van der Waals surface area contributed by atoms with Crippen molar-refractivity contribution in [2.45, 2.75) is 5.03 Å². The summed E-state index contributed by atoms with van der Waals surface area (Å²) in [6.07, 6.45) is 6.06. The van der Waals surface area contributed by atoms with E-state index in [4.69, 9.17) is 0 Å². The molecule has 0 unspecified atom stereocenters. The van der Waals surface area contributed by atoms with Gasteiger partial charge in [-0.2, -0.15) is 0 Å². The number of carbonyl (C=O) groups excluding carboxylic acids is 1. The molecule has 14 heavy (non-hydrogen) atoms. The van der Waals surface area contributed by atoms with Gasteiger partial charge in [0.2, 0.25) is 0 Å². The van der Waals surface area contributed by atoms with E-state index in [0.717, 1.165) is 22.3 Å². The van der Waals surface area contributed by atoms with Gasteiger partial charge >= 0.3 is 0 Å². The summed E-state index contributed by atoms with van der Waals surface area (Å²) in [6, 6.07) is 0. The van der Waals surface area contributed by atoms with E-state index in [1.165, 1.54) is 18.1 Å². The number of aryl methyl sites for hydroxylation is 1. The minimum absolute atomic E-state index is 0.646. The lowest BCUT2D eigenvalue weighted by molar-refractivity contribution is 0.112. The first-order chi connectivity index (χ1) is 6.77. The first-order valence-corrected chi connectivity index (χ1v) is 5.29. The Labute approximate surface area is 85.4 Å². The van der Waals surface area contributed by atoms with E-state index in [0.29, 0.717) is 5.56 Å². The summed E-state index contributed by atoms with van der Waals surface area (Å²) < 4.78 is 1.83. The third-order valence-corrected chi connectivity index (χ3v) is 2.76. The number of hydrogen-bond acceptors (Lipinski definition) is 4. The highest BCUT2D eigenvalue weighted by Crippen LogP contribution is 2.25. The molecule has 0 fully saturated rings. The van der Waals surface area contributed by atoms with Crippen molar-refractivity contribution in [2.24, 2.45) is 7.05 Å². The largest absolute Gasteiger partial charge is 0.335 e. The van der Waals surface area contributed by atoms with E-state index < -0.39 is 0 Å². The smallest absolute Gasteiger partial charge is 0.152 e. The molecule has 0 amide bonds. The lowest BCUT2D eigenvalue weighted by Crippen LogP contribution is -1.89. The van der Waals surface area contributed by atoms with Gasteiger partial charge < -0.3 is 4.57 Å². The molecular formula is C9H9N3OS. The first-order valence-electron chi connectivity index (χ1n) is 4.07. The molecule has 2 heterocycles. The van der Waals surface area contributed by atoms with Crippen molar-refractivity contribution < 1.29 is 4.79 Å². The van der Waals surface area contributed by atoms with Crippen LogP contribution in [-0.2, 0) is 7.05 Å². The van der Waals surface area contributed by atoms with E-state index >= 15 is 0 Å². The fourth-order valence-corrected chi connectivity index (χ4v) is 2.02. The number of nitrogens with zero attached hydrogens (tertiary/aromatic N) is 3. The standard InChI is InChI=1S/C9H9N3OS/c1-12-3-6(4-13)7-8(12)10-5-11-9(7)14-2/h3-5H,1-2H3. The molecule has 2 aromatic rings. The summed E-state index contributed by atoms with van der Waals surface area (Å²) in [5.41, 5.74) is 1.44. The summed E-state index contributed by atoms with van der Waals surface area (Å²) >= 11 is 1.52. The number of aldehydes is 1. The van der Waals surface area contributed by atoms with Crippen molar-refractivity contribution in [1.82, 2.24) is 14.5 Å². The van der Waals surface area contributed by atoms with Crippen LogP contribution in [0.25, 0.3) is 11.0 Å². The average molecular weight is 207 g/mol. The second kappa shape index (κ2) is 3.42. The summed E-state index contributed by atoms with van der Waals surface area (Å²) in [6.45, 7) is 0. The van der Waals surface area contributed by atoms with Crippen molar-refractivity contribution in [3.05, 3.63) is 18.1 Å².